The summed E-state index contributed by atoms with van der Waals surface area (Å²) in [6.07, 6.45) is 5.69. The summed E-state index contributed by atoms with van der Waals surface area (Å²) in [5.41, 5.74) is 2.45. The fourth-order valence-electron chi connectivity index (χ4n) is 4.80. The number of amides is 2. The van der Waals surface area contributed by atoms with E-state index in [4.69, 9.17) is 4.74 Å². The first kappa shape index (κ1) is 28.5. The highest BCUT2D eigenvalue weighted by molar-refractivity contribution is 7.92. The summed E-state index contributed by atoms with van der Waals surface area (Å²) in [7, 11) is -2.11. The van der Waals surface area contributed by atoms with Crippen molar-refractivity contribution in [2.75, 3.05) is 24.2 Å². The number of ether oxygens (including phenoxy) is 1. The van der Waals surface area contributed by atoms with E-state index in [-0.39, 0.29) is 30.8 Å². The molecule has 2 aromatic rings. The van der Waals surface area contributed by atoms with Gasteiger partial charge in [0.2, 0.25) is 21.8 Å². The molecule has 202 valence electrons. The average molecular weight is 530 g/mol. The molecule has 2 amide bonds. The van der Waals surface area contributed by atoms with Gasteiger partial charge in [-0.3, -0.25) is 13.9 Å². The lowest BCUT2D eigenvalue weighted by molar-refractivity contribution is -0.141. The predicted molar refractivity (Wildman–Crippen MR) is 146 cm³/mol. The van der Waals surface area contributed by atoms with Gasteiger partial charge in [-0.2, -0.15) is 0 Å². The summed E-state index contributed by atoms with van der Waals surface area (Å²) in [4.78, 5) is 28.1. The van der Waals surface area contributed by atoms with Crippen LogP contribution in [0.2, 0.25) is 0 Å². The lowest BCUT2D eigenvalue weighted by Gasteiger charge is -2.30. The van der Waals surface area contributed by atoms with Crippen LogP contribution in [0.25, 0.3) is 0 Å². The first-order valence-electron chi connectivity index (χ1n) is 12.9. The van der Waals surface area contributed by atoms with E-state index in [0.717, 1.165) is 43.1 Å². The normalized spacial score (nSPS) is 14.7. The van der Waals surface area contributed by atoms with Crippen LogP contribution < -0.4 is 14.4 Å². The van der Waals surface area contributed by atoms with E-state index in [1.54, 1.807) is 36.1 Å². The molecule has 2 aromatic carbocycles. The van der Waals surface area contributed by atoms with E-state index in [0.29, 0.717) is 24.4 Å². The van der Waals surface area contributed by atoms with E-state index in [9.17, 15) is 18.0 Å². The molecule has 1 saturated carbocycles. The highest BCUT2D eigenvalue weighted by Gasteiger charge is 2.29. The van der Waals surface area contributed by atoms with Crippen molar-refractivity contribution in [1.29, 1.82) is 0 Å². The molecule has 0 spiro atoms. The fraction of sp³-hybridized carbons (Fsp3) is 0.500. The van der Waals surface area contributed by atoms with Gasteiger partial charge in [0.25, 0.3) is 0 Å². The Morgan fingerprint density at radius 1 is 1.11 bits per heavy atom. The molecule has 1 atom stereocenters. The molecule has 0 bridgehead atoms. The van der Waals surface area contributed by atoms with Gasteiger partial charge in [-0.05, 0) is 50.8 Å². The van der Waals surface area contributed by atoms with Crippen molar-refractivity contribution in [2.45, 2.75) is 71.0 Å². The van der Waals surface area contributed by atoms with Crippen molar-refractivity contribution in [1.82, 2.24) is 10.2 Å². The van der Waals surface area contributed by atoms with Gasteiger partial charge in [0, 0.05) is 25.6 Å². The lowest BCUT2D eigenvalue weighted by atomic mass is 10.1. The molecule has 0 unspecified atom stereocenters. The summed E-state index contributed by atoms with van der Waals surface area (Å²) in [6.45, 7) is 4.17. The summed E-state index contributed by atoms with van der Waals surface area (Å²) in [5, 5.41) is 3.11. The van der Waals surface area contributed by atoms with E-state index in [2.05, 4.69) is 5.32 Å². The molecule has 1 aliphatic rings. The number of carbonyl (C=O) groups is 2. The van der Waals surface area contributed by atoms with Crippen molar-refractivity contribution in [3.05, 3.63) is 59.7 Å². The SMILES string of the molecule is COc1ccccc1N(CCCC(=O)N(Cc1cccc(C)c1)[C@H](C)C(=O)NC1CCCC1)S(C)(=O)=O. The Kier molecular flexibility index (Phi) is 9.97. The van der Waals surface area contributed by atoms with Gasteiger partial charge in [0.05, 0.1) is 19.1 Å². The van der Waals surface area contributed by atoms with Gasteiger partial charge >= 0.3 is 0 Å². The number of methoxy groups -OCH3 is 1. The third kappa shape index (κ3) is 7.95. The Labute approximate surface area is 221 Å². The van der Waals surface area contributed by atoms with Crippen LogP contribution in [0.3, 0.4) is 0 Å². The Morgan fingerprint density at radius 3 is 2.46 bits per heavy atom. The second-order valence-corrected chi connectivity index (χ2v) is 11.7. The van der Waals surface area contributed by atoms with Crippen LogP contribution >= 0.6 is 0 Å². The number of benzene rings is 2. The minimum atomic E-state index is -3.60. The van der Waals surface area contributed by atoms with E-state index < -0.39 is 16.1 Å². The predicted octanol–water partition coefficient (Wildman–Crippen LogP) is 4.03. The molecule has 0 aliphatic heterocycles. The molecule has 1 N–H and O–H groups in total. The minimum absolute atomic E-state index is 0.105. The Bertz CT molecular complexity index is 1180. The number of hydrogen-bond donors (Lipinski definition) is 1. The highest BCUT2D eigenvalue weighted by atomic mass is 32.2. The maximum atomic E-state index is 13.5. The molecule has 9 heteroatoms. The van der Waals surface area contributed by atoms with Crippen LogP contribution in [0.5, 0.6) is 5.75 Å². The zero-order valence-corrected chi connectivity index (χ0v) is 23.1. The molecule has 8 nitrogen and oxygen atoms in total. The fourth-order valence-corrected chi connectivity index (χ4v) is 5.77. The molecule has 0 heterocycles. The lowest BCUT2D eigenvalue weighted by Crippen LogP contribution is -2.49. The number of rotatable bonds is 12. The quantitative estimate of drug-likeness (QED) is 0.448. The molecule has 3 rings (SSSR count). The summed E-state index contributed by atoms with van der Waals surface area (Å²) >= 11 is 0. The van der Waals surface area contributed by atoms with Gasteiger partial charge in [-0.25, -0.2) is 8.42 Å². The van der Waals surface area contributed by atoms with Crippen molar-refractivity contribution in [3.8, 4) is 5.75 Å². The average Bonchev–Trinajstić information content (AvgIpc) is 3.37. The minimum Gasteiger partial charge on any atom is -0.495 e. The second-order valence-electron chi connectivity index (χ2n) is 9.79. The first-order chi connectivity index (χ1) is 17.6. The van der Waals surface area contributed by atoms with E-state index in [1.807, 2.05) is 31.2 Å². The van der Waals surface area contributed by atoms with E-state index >= 15 is 0 Å². The van der Waals surface area contributed by atoms with E-state index in [1.165, 1.54) is 11.4 Å². The van der Waals surface area contributed by atoms with Gasteiger partial charge in [0.1, 0.15) is 11.8 Å². The molecule has 0 saturated heterocycles. The Hall–Kier alpha value is -3.07. The molecule has 1 aliphatic carbocycles. The second kappa shape index (κ2) is 12.9. The van der Waals surface area contributed by atoms with Crippen LogP contribution in [0.15, 0.2) is 48.5 Å². The Morgan fingerprint density at radius 2 is 1.81 bits per heavy atom. The molecule has 37 heavy (non-hydrogen) atoms. The number of nitrogens with one attached hydrogen (secondary N) is 1. The van der Waals surface area contributed by atoms with Crippen LogP contribution in [-0.4, -0.2) is 57.1 Å². The van der Waals surface area contributed by atoms with Crippen LogP contribution in [-0.2, 0) is 26.2 Å². The number of nitrogens with zero attached hydrogens (tertiary/aromatic N) is 2. The maximum absolute atomic E-state index is 13.5. The molecular formula is C28H39N3O5S. The third-order valence-electron chi connectivity index (χ3n) is 6.81. The molecule has 0 aromatic heterocycles. The van der Waals surface area contributed by atoms with Crippen molar-refractivity contribution < 1.29 is 22.7 Å². The number of sulfonamides is 1. The van der Waals surface area contributed by atoms with Gasteiger partial charge in [0.15, 0.2) is 0 Å². The number of carbonyl (C=O) groups excluding carboxylic acids is 2. The molecule has 1 fully saturated rings. The smallest absolute Gasteiger partial charge is 0.242 e. The van der Waals surface area contributed by atoms with Gasteiger partial charge in [-0.1, -0.05) is 54.8 Å². The van der Waals surface area contributed by atoms with Crippen LogP contribution in [0.1, 0.15) is 56.6 Å². The van der Waals surface area contributed by atoms with Gasteiger partial charge < -0.3 is 15.0 Å². The van der Waals surface area contributed by atoms with Crippen molar-refractivity contribution in [2.24, 2.45) is 0 Å². The summed E-state index contributed by atoms with van der Waals surface area (Å²) in [5.74, 6) is 0.0984. The highest BCUT2D eigenvalue weighted by Crippen LogP contribution is 2.30. The van der Waals surface area contributed by atoms with Gasteiger partial charge in [-0.15, -0.1) is 0 Å². The van der Waals surface area contributed by atoms with Crippen LogP contribution in [0.4, 0.5) is 5.69 Å². The molecular weight excluding hydrogens is 490 g/mol. The zero-order chi connectivity index (χ0) is 27.0. The third-order valence-corrected chi connectivity index (χ3v) is 7.99. The van der Waals surface area contributed by atoms with Crippen LogP contribution in [0, 0.1) is 6.92 Å². The maximum Gasteiger partial charge on any atom is 0.242 e. The number of hydrogen-bond acceptors (Lipinski definition) is 5. The largest absolute Gasteiger partial charge is 0.495 e. The topological polar surface area (TPSA) is 96.0 Å². The molecule has 0 radical (unpaired) electrons. The summed E-state index contributed by atoms with van der Waals surface area (Å²) < 4.78 is 31.7. The number of aryl methyl sites for hydroxylation is 1. The first-order valence-corrected chi connectivity index (χ1v) is 14.7. The monoisotopic (exact) mass is 529 g/mol. The van der Waals surface area contributed by atoms with Crippen molar-refractivity contribution in [3.63, 3.8) is 0 Å². The summed E-state index contributed by atoms with van der Waals surface area (Å²) in [6, 6.07) is 14.3. The zero-order valence-electron chi connectivity index (χ0n) is 22.3. The number of para-hydroxylation sites is 2. The Balaban J connectivity index is 1.74. The standard InChI is InChI=1S/C28H39N3O5S/c1-21-11-9-12-23(19-21)20-30(22(2)28(33)29-24-13-5-6-14-24)27(32)17-10-18-31(37(4,34)35)25-15-7-8-16-26(25)36-3/h7-9,11-12,15-16,19,22,24H,5-6,10,13-14,17-18,20H2,1-4H3,(H,29,33)/t22-/m1/s1. The van der Waals surface area contributed by atoms with Crippen molar-refractivity contribution >= 4 is 27.5 Å². The number of anilines is 1.